The molecule has 1 saturated heterocycles. The van der Waals surface area contributed by atoms with E-state index in [9.17, 15) is 9.59 Å². The summed E-state index contributed by atoms with van der Waals surface area (Å²) in [6.07, 6.45) is 1.69. The van der Waals surface area contributed by atoms with Crippen LogP contribution in [0.1, 0.15) is 44.8 Å². The van der Waals surface area contributed by atoms with Gasteiger partial charge >= 0.3 is 6.03 Å². The number of benzene rings is 2. The van der Waals surface area contributed by atoms with Crippen molar-refractivity contribution in [2.75, 3.05) is 17.2 Å². The fourth-order valence-electron chi connectivity index (χ4n) is 3.47. The minimum Gasteiger partial charge on any atom is -0.320 e. The van der Waals surface area contributed by atoms with Gasteiger partial charge in [0, 0.05) is 17.9 Å². The van der Waals surface area contributed by atoms with Gasteiger partial charge in [0.1, 0.15) is 5.01 Å². The summed E-state index contributed by atoms with van der Waals surface area (Å²) in [7, 11) is 0. The van der Waals surface area contributed by atoms with Crippen LogP contribution in [0.3, 0.4) is 0 Å². The van der Waals surface area contributed by atoms with Crippen molar-refractivity contribution in [3.63, 3.8) is 0 Å². The van der Waals surface area contributed by atoms with Crippen molar-refractivity contribution in [2.45, 2.75) is 32.7 Å². The summed E-state index contributed by atoms with van der Waals surface area (Å²) in [4.78, 5) is 27.1. The fraction of sp³-hybridized carbons (Fsp3) is 0.273. The largest absolute Gasteiger partial charge is 0.322 e. The minimum atomic E-state index is -0.295. The quantitative estimate of drug-likeness (QED) is 0.635. The highest BCUT2D eigenvalue weighted by molar-refractivity contribution is 7.13. The van der Waals surface area contributed by atoms with Crippen LogP contribution in [0.15, 0.2) is 48.5 Å². The van der Waals surface area contributed by atoms with E-state index < -0.39 is 0 Å². The standard InChI is InChI=1S/C22H23N5O2S/c1-14-8-10-16(11-9-14)23-19(28)21-26-25-20(30-21)18-7-4-12-27(18)22(29)24-17-6-3-5-15(2)13-17/h3,5-6,8-11,13,18H,4,7,12H2,1-2H3,(H,23,28)(H,24,29). The SMILES string of the molecule is Cc1ccc(NC(=O)c2nnc(C3CCCN3C(=O)Nc3cccc(C)c3)s2)cc1. The topological polar surface area (TPSA) is 87.2 Å². The number of carbonyl (C=O) groups is 2. The number of rotatable bonds is 4. The molecular weight excluding hydrogens is 398 g/mol. The number of anilines is 2. The lowest BCUT2D eigenvalue weighted by Crippen LogP contribution is -2.34. The molecule has 1 unspecified atom stereocenters. The van der Waals surface area contributed by atoms with E-state index in [1.165, 1.54) is 11.3 Å². The molecule has 1 aliphatic heterocycles. The van der Waals surface area contributed by atoms with E-state index in [4.69, 9.17) is 0 Å². The Hall–Kier alpha value is -3.26. The first-order chi connectivity index (χ1) is 14.5. The fourth-order valence-corrected chi connectivity index (χ4v) is 4.35. The molecule has 0 saturated carbocycles. The van der Waals surface area contributed by atoms with Crippen LogP contribution in [0, 0.1) is 13.8 Å². The molecule has 154 valence electrons. The van der Waals surface area contributed by atoms with Crippen LogP contribution >= 0.6 is 11.3 Å². The Balaban J connectivity index is 1.44. The van der Waals surface area contributed by atoms with Gasteiger partial charge in [-0.3, -0.25) is 4.79 Å². The summed E-state index contributed by atoms with van der Waals surface area (Å²) in [6, 6.07) is 14.9. The van der Waals surface area contributed by atoms with Crippen LogP contribution in [0.25, 0.3) is 0 Å². The Kier molecular flexibility index (Phi) is 5.76. The van der Waals surface area contributed by atoms with Gasteiger partial charge in [-0.2, -0.15) is 0 Å². The lowest BCUT2D eigenvalue weighted by molar-refractivity contribution is 0.102. The Morgan fingerprint density at radius 2 is 1.80 bits per heavy atom. The number of aromatic nitrogens is 2. The third kappa shape index (κ3) is 4.49. The minimum absolute atomic E-state index is 0.163. The summed E-state index contributed by atoms with van der Waals surface area (Å²) in [5, 5.41) is 15.0. The number of urea groups is 1. The van der Waals surface area contributed by atoms with Gasteiger partial charge in [-0.05, 0) is 56.5 Å². The molecule has 7 nitrogen and oxygen atoms in total. The summed E-state index contributed by atoms with van der Waals surface area (Å²) in [6.45, 7) is 4.62. The number of hydrogen-bond donors (Lipinski definition) is 2. The average Bonchev–Trinajstić information content (AvgIpc) is 3.39. The highest BCUT2D eigenvalue weighted by Gasteiger charge is 2.33. The highest BCUT2D eigenvalue weighted by Crippen LogP contribution is 2.34. The lowest BCUT2D eigenvalue weighted by atomic mass is 10.2. The van der Waals surface area contributed by atoms with Gasteiger partial charge < -0.3 is 15.5 Å². The van der Waals surface area contributed by atoms with Crippen molar-refractivity contribution >= 4 is 34.6 Å². The molecule has 0 aliphatic carbocycles. The second-order valence-corrected chi connectivity index (χ2v) is 8.43. The first kappa shape index (κ1) is 20.0. The summed E-state index contributed by atoms with van der Waals surface area (Å²) >= 11 is 1.23. The van der Waals surface area contributed by atoms with E-state index in [2.05, 4.69) is 20.8 Å². The molecular formula is C22H23N5O2S. The first-order valence-electron chi connectivity index (χ1n) is 9.85. The molecule has 3 amide bonds. The smallest absolute Gasteiger partial charge is 0.320 e. The van der Waals surface area contributed by atoms with Gasteiger partial charge in [0.2, 0.25) is 5.01 Å². The second-order valence-electron chi connectivity index (χ2n) is 7.42. The lowest BCUT2D eigenvalue weighted by Gasteiger charge is -2.23. The van der Waals surface area contributed by atoms with Gasteiger partial charge in [-0.1, -0.05) is 41.2 Å². The van der Waals surface area contributed by atoms with Gasteiger partial charge in [0.15, 0.2) is 0 Å². The summed E-state index contributed by atoms with van der Waals surface area (Å²) in [5.41, 5.74) is 3.68. The number of carbonyl (C=O) groups excluding carboxylic acids is 2. The maximum atomic E-state index is 12.8. The molecule has 2 N–H and O–H groups in total. The molecule has 4 rings (SSSR count). The third-order valence-corrected chi connectivity index (χ3v) is 6.04. The van der Waals surface area contributed by atoms with Crippen molar-refractivity contribution in [2.24, 2.45) is 0 Å². The Morgan fingerprint density at radius 1 is 1.00 bits per heavy atom. The third-order valence-electron chi connectivity index (χ3n) is 5.01. The molecule has 1 aliphatic rings. The van der Waals surface area contributed by atoms with Crippen molar-refractivity contribution in [1.29, 1.82) is 0 Å². The predicted octanol–water partition coefficient (Wildman–Crippen LogP) is 4.78. The molecule has 1 aromatic heterocycles. The van der Waals surface area contributed by atoms with Crippen molar-refractivity contribution < 1.29 is 9.59 Å². The molecule has 0 bridgehead atoms. The zero-order chi connectivity index (χ0) is 21.1. The van der Waals surface area contributed by atoms with E-state index in [-0.39, 0.29) is 23.0 Å². The maximum absolute atomic E-state index is 12.8. The Morgan fingerprint density at radius 3 is 2.57 bits per heavy atom. The number of nitrogens with zero attached hydrogens (tertiary/aromatic N) is 3. The number of aryl methyl sites for hydroxylation is 2. The summed E-state index contributed by atoms with van der Waals surface area (Å²) in [5.74, 6) is -0.295. The zero-order valence-corrected chi connectivity index (χ0v) is 17.7. The molecule has 8 heteroatoms. The predicted molar refractivity (Wildman–Crippen MR) is 118 cm³/mol. The number of likely N-dealkylation sites (tertiary alicyclic amines) is 1. The van der Waals surface area contributed by atoms with Gasteiger partial charge in [0.05, 0.1) is 6.04 Å². The molecule has 2 heterocycles. The van der Waals surface area contributed by atoms with Crippen LogP contribution in [0.4, 0.5) is 16.2 Å². The average molecular weight is 422 g/mol. The second kappa shape index (κ2) is 8.62. The van der Waals surface area contributed by atoms with E-state index in [1.54, 1.807) is 4.90 Å². The monoisotopic (exact) mass is 421 g/mol. The Bertz CT molecular complexity index is 1060. The van der Waals surface area contributed by atoms with Gasteiger partial charge in [0.25, 0.3) is 5.91 Å². The van der Waals surface area contributed by atoms with Crippen molar-refractivity contribution in [1.82, 2.24) is 15.1 Å². The number of nitrogens with one attached hydrogen (secondary N) is 2. The van der Waals surface area contributed by atoms with E-state index in [1.807, 2.05) is 62.4 Å². The molecule has 2 aromatic carbocycles. The van der Waals surface area contributed by atoms with Crippen LogP contribution in [0.5, 0.6) is 0 Å². The number of hydrogen-bond acceptors (Lipinski definition) is 5. The van der Waals surface area contributed by atoms with Gasteiger partial charge in [-0.25, -0.2) is 4.79 Å². The van der Waals surface area contributed by atoms with Gasteiger partial charge in [-0.15, -0.1) is 10.2 Å². The van der Waals surface area contributed by atoms with Crippen LogP contribution < -0.4 is 10.6 Å². The molecule has 1 fully saturated rings. The highest BCUT2D eigenvalue weighted by atomic mass is 32.1. The Labute approximate surface area is 179 Å². The normalized spacial score (nSPS) is 15.8. The summed E-state index contributed by atoms with van der Waals surface area (Å²) < 4.78 is 0. The first-order valence-corrected chi connectivity index (χ1v) is 10.7. The molecule has 3 aromatic rings. The number of amides is 3. The van der Waals surface area contributed by atoms with Crippen LogP contribution in [-0.4, -0.2) is 33.6 Å². The van der Waals surface area contributed by atoms with Crippen molar-refractivity contribution in [3.8, 4) is 0 Å². The van der Waals surface area contributed by atoms with E-state index in [0.29, 0.717) is 17.2 Å². The van der Waals surface area contributed by atoms with Crippen molar-refractivity contribution in [3.05, 3.63) is 69.7 Å². The molecule has 0 spiro atoms. The van der Waals surface area contributed by atoms with E-state index >= 15 is 0 Å². The molecule has 30 heavy (non-hydrogen) atoms. The molecule has 0 radical (unpaired) electrons. The maximum Gasteiger partial charge on any atom is 0.322 e. The molecule has 1 atom stereocenters. The van der Waals surface area contributed by atoms with Crippen LogP contribution in [0.2, 0.25) is 0 Å². The zero-order valence-electron chi connectivity index (χ0n) is 16.9. The van der Waals surface area contributed by atoms with Crippen LogP contribution in [-0.2, 0) is 0 Å². The van der Waals surface area contributed by atoms with E-state index in [0.717, 1.165) is 29.7 Å².